The first-order chi connectivity index (χ1) is 9.74. The van der Waals surface area contributed by atoms with Gasteiger partial charge in [0.25, 0.3) is 0 Å². The number of hydrogen-bond donors (Lipinski definition) is 1. The van der Waals surface area contributed by atoms with Crippen molar-refractivity contribution in [3.8, 4) is 11.3 Å². The minimum atomic E-state index is 0.632. The van der Waals surface area contributed by atoms with E-state index in [1.807, 2.05) is 12.3 Å². The van der Waals surface area contributed by atoms with Gasteiger partial charge in [0, 0.05) is 50.2 Å². The molecule has 0 radical (unpaired) electrons. The highest BCUT2D eigenvalue weighted by molar-refractivity contribution is 5.59. The Kier molecular flexibility index (Phi) is 3.69. The number of nitrogens with zero attached hydrogens (tertiary/aromatic N) is 4. The molecule has 1 N–H and O–H groups in total. The molecule has 1 fully saturated rings. The monoisotopic (exact) mass is 271 g/mol. The van der Waals surface area contributed by atoms with E-state index in [0.717, 1.165) is 43.3 Å². The average Bonchev–Trinajstić information content (AvgIpc) is 3.02. The molecule has 1 saturated heterocycles. The maximum absolute atomic E-state index is 4.59. The fourth-order valence-electron chi connectivity index (χ4n) is 2.62. The summed E-state index contributed by atoms with van der Waals surface area (Å²) in [6.45, 7) is 8.84. The summed E-state index contributed by atoms with van der Waals surface area (Å²) in [6.07, 6.45) is 3.67. The van der Waals surface area contributed by atoms with Crippen molar-refractivity contribution in [3.05, 3.63) is 30.6 Å². The van der Waals surface area contributed by atoms with E-state index in [2.05, 4.69) is 51.0 Å². The van der Waals surface area contributed by atoms with Gasteiger partial charge in [-0.05, 0) is 32.0 Å². The molecule has 5 nitrogen and oxygen atoms in total. The third-order valence-corrected chi connectivity index (χ3v) is 3.93. The van der Waals surface area contributed by atoms with Crippen molar-refractivity contribution in [2.24, 2.45) is 0 Å². The largest absolute Gasteiger partial charge is 0.354 e. The van der Waals surface area contributed by atoms with Crippen LogP contribution in [0, 0.1) is 0 Å². The molecule has 0 amide bonds. The van der Waals surface area contributed by atoms with Gasteiger partial charge in [0.2, 0.25) is 0 Å². The lowest BCUT2D eigenvalue weighted by atomic mass is 10.2. The van der Waals surface area contributed by atoms with Crippen LogP contribution in [0.5, 0.6) is 0 Å². The Morgan fingerprint density at radius 2 is 1.90 bits per heavy atom. The lowest BCUT2D eigenvalue weighted by Gasteiger charge is -2.37. The number of aromatic nitrogens is 3. The zero-order valence-electron chi connectivity index (χ0n) is 12.1. The molecular weight excluding hydrogens is 250 g/mol. The van der Waals surface area contributed by atoms with Gasteiger partial charge in [-0.3, -0.25) is 10.00 Å². The molecular formula is C15H21N5. The first kappa shape index (κ1) is 13.1. The Morgan fingerprint density at radius 1 is 1.10 bits per heavy atom. The topological polar surface area (TPSA) is 48.0 Å². The predicted octanol–water partition coefficient (Wildman–Crippen LogP) is 2.00. The Labute approximate surface area is 119 Å². The van der Waals surface area contributed by atoms with Gasteiger partial charge in [-0.15, -0.1) is 0 Å². The lowest BCUT2D eigenvalue weighted by Crippen LogP contribution is -2.49. The van der Waals surface area contributed by atoms with Crippen molar-refractivity contribution in [2.75, 3.05) is 31.1 Å². The van der Waals surface area contributed by atoms with Crippen LogP contribution in [0.1, 0.15) is 13.8 Å². The zero-order valence-corrected chi connectivity index (χ0v) is 12.1. The number of piperazine rings is 1. The van der Waals surface area contributed by atoms with Gasteiger partial charge in [0.1, 0.15) is 5.82 Å². The molecule has 5 heteroatoms. The van der Waals surface area contributed by atoms with E-state index in [-0.39, 0.29) is 0 Å². The molecule has 0 atom stereocenters. The van der Waals surface area contributed by atoms with E-state index in [0.29, 0.717) is 6.04 Å². The molecule has 0 unspecified atom stereocenters. The second kappa shape index (κ2) is 5.63. The van der Waals surface area contributed by atoms with Crippen molar-refractivity contribution in [1.29, 1.82) is 0 Å². The molecule has 3 heterocycles. The SMILES string of the molecule is CC(C)N1CCN(c2ccc(-c3ccn[nH]3)cn2)CC1. The average molecular weight is 271 g/mol. The smallest absolute Gasteiger partial charge is 0.128 e. The highest BCUT2D eigenvalue weighted by Crippen LogP contribution is 2.19. The Balaban J connectivity index is 1.67. The van der Waals surface area contributed by atoms with Crippen LogP contribution in [0.3, 0.4) is 0 Å². The van der Waals surface area contributed by atoms with Crippen LogP contribution in [0.15, 0.2) is 30.6 Å². The van der Waals surface area contributed by atoms with E-state index in [1.54, 1.807) is 6.20 Å². The summed E-state index contributed by atoms with van der Waals surface area (Å²) in [7, 11) is 0. The van der Waals surface area contributed by atoms with Gasteiger partial charge in [-0.2, -0.15) is 5.10 Å². The third kappa shape index (κ3) is 2.67. The van der Waals surface area contributed by atoms with Crippen molar-refractivity contribution < 1.29 is 0 Å². The quantitative estimate of drug-likeness (QED) is 0.927. The van der Waals surface area contributed by atoms with E-state index in [1.165, 1.54) is 0 Å². The Bertz CT molecular complexity index is 524. The molecule has 20 heavy (non-hydrogen) atoms. The molecule has 2 aromatic heterocycles. The number of rotatable bonds is 3. The van der Waals surface area contributed by atoms with Crippen molar-refractivity contribution in [1.82, 2.24) is 20.1 Å². The van der Waals surface area contributed by atoms with Gasteiger partial charge in [-0.1, -0.05) is 0 Å². The summed E-state index contributed by atoms with van der Waals surface area (Å²) in [4.78, 5) is 9.45. The molecule has 1 aliphatic heterocycles. The summed E-state index contributed by atoms with van der Waals surface area (Å²) in [6, 6.07) is 6.79. The first-order valence-corrected chi connectivity index (χ1v) is 7.19. The fraction of sp³-hybridized carbons (Fsp3) is 0.467. The maximum Gasteiger partial charge on any atom is 0.128 e. The summed E-state index contributed by atoms with van der Waals surface area (Å²) >= 11 is 0. The van der Waals surface area contributed by atoms with Crippen molar-refractivity contribution in [3.63, 3.8) is 0 Å². The second-order valence-electron chi connectivity index (χ2n) is 5.49. The molecule has 0 spiro atoms. The number of H-pyrrole nitrogens is 1. The molecule has 0 aliphatic carbocycles. The highest BCUT2D eigenvalue weighted by Gasteiger charge is 2.19. The van der Waals surface area contributed by atoms with Crippen LogP contribution in [0.25, 0.3) is 11.3 Å². The fourth-order valence-corrected chi connectivity index (χ4v) is 2.62. The summed E-state index contributed by atoms with van der Waals surface area (Å²) in [5.74, 6) is 1.07. The van der Waals surface area contributed by atoms with E-state index in [9.17, 15) is 0 Å². The van der Waals surface area contributed by atoms with E-state index < -0.39 is 0 Å². The van der Waals surface area contributed by atoms with Gasteiger partial charge in [-0.25, -0.2) is 4.98 Å². The number of nitrogens with one attached hydrogen (secondary N) is 1. The first-order valence-electron chi connectivity index (χ1n) is 7.19. The summed E-state index contributed by atoms with van der Waals surface area (Å²) < 4.78 is 0. The highest BCUT2D eigenvalue weighted by atomic mass is 15.3. The minimum absolute atomic E-state index is 0.632. The minimum Gasteiger partial charge on any atom is -0.354 e. The second-order valence-corrected chi connectivity index (χ2v) is 5.49. The van der Waals surface area contributed by atoms with Crippen LogP contribution >= 0.6 is 0 Å². The maximum atomic E-state index is 4.59. The van der Waals surface area contributed by atoms with Crippen LogP contribution in [0.2, 0.25) is 0 Å². The summed E-state index contributed by atoms with van der Waals surface area (Å²) in [5, 5.41) is 6.93. The molecule has 2 aromatic rings. The molecule has 3 rings (SSSR count). The molecule has 106 valence electrons. The molecule has 0 bridgehead atoms. The van der Waals surface area contributed by atoms with Gasteiger partial charge < -0.3 is 4.90 Å². The molecule has 1 aliphatic rings. The number of aromatic amines is 1. The predicted molar refractivity (Wildman–Crippen MR) is 80.7 cm³/mol. The van der Waals surface area contributed by atoms with Crippen LogP contribution < -0.4 is 4.90 Å². The Hall–Kier alpha value is -1.88. The van der Waals surface area contributed by atoms with E-state index in [4.69, 9.17) is 0 Å². The van der Waals surface area contributed by atoms with Crippen molar-refractivity contribution >= 4 is 5.82 Å². The van der Waals surface area contributed by atoms with E-state index >= 15 is 0 Å². The number of pyridine rings is 1. The standard InChI is InChI=1S/C15H21N5/c1-12(2)19-7-9-20(10-8-19)15-4-3-13(11-16-15)14-5-6-17-18-14/h3-6,11-12H,7-10H2,1-2H3,(H,17,18). The van der Waals surface area contributed by atoms with Crippen LogP contribution in [-0.4, -0.2) is 52.3 Å². The lowest BCUT2D eigenvalue weighted by molar-refractivity contribution is 0.209. The van der Waals surface area contributed by atoms with Crippen molar-refractivity contribution in [2.45, 2.75) is 19.9 Å². The van der Waals surface area contributed by atoms with Crippen LogP contribution in [-0.2, 0) is 0 Å². The molecule has 0 saturated carbocycles. The number of anilines is 1. The van der Waals surface area contributed by atoms with Gasteiger partial charge in [0.05, 0.1) is 5.69 Å². The van der Waals surface area contributed by atoms with Gasteiger partial charge in [0.15, 0.2) is 0 Å². The number of hydrogen-bond acceptors (Lipinski definition) is 4. The normalized spacial score (nSPS) is 16.9. The zero-order chi connectivity index (χ0) is 13.9. The van der Waals surface area contributed by atoms with Crippen LogP contribution in [0.4, 0.5) is 5.82 Å². The third-order valence-electron chi connectivity index (χ3n) is 3.93. The summed E-state index contributed by atoms with van der Waals surface area (Å²) in [5.41, 5.74) is 2.08. The Morgan fingerprint density at radius 3 is 2.45 bits per heavy atom. The van der Waals surface area contributed by atoms with Gasteiger partial charge >= 0.3 is 0 Å². The molecule has 0 aromatic carbocycles.